The van der Waals surface area contributed by atoms with Gasteiger partial charge in [0.1, 0.15) is 0 Å². The van der Waals surface area contributed by atoms with Crippen molar-refractivity contribution in [1.82, 2.24) is 10.2 Å². The van der Waals surface area contributed by atoms with Crippen LogP contribution >= 0.6 is 0 Å². The molecule has 3 fully saturated rings. The molecule has 2 heterocycles. The van der Waals surface area contributed by atoms with E-state index in [-0.39, 0.29) is 30.0 Å². The number of halogens is 3. The number of ether oxygens (including phenoxy) is 1. The van der Waals surface area contributed by atoms with Crippen LogP contribution in [0.1, 0.15) is 65.7 Å². The molecule has 1 N–H and O–H groups in total. The first-order valence-corrected chi connectivity index (χ1v) is 11.6. The molecule has 182 valence electrons. The van der Waals surface area contributed by atoms with Crippen molar-refractivity contribution in [2.45, 2.75) is 63.5 Å². The van der Waals surface area contributed by atoms with Crippen LogP contribution in [0.25, 0.3) is 0 Å². The van der Waals surface area contributed by atoms with Crippen molar-refractivity contribution < 1.29 is 27.5 Å². The van der Waals surface area contributed by atoms with E-state index in [1.807, 2.05) is 6.92 Å². The van der Waals surface area contributed by atoms with Crippen molar-refractivity contribution >= 4 is 11.9 Å². The Morgan fingerprint density at radius 3 is 2.21 bits per heavy atom. The topological polar surface area (TPSA) is 58.6 Å². The summed E-state index contributed by atoms with van der Waals surface area (Å²) in [6.45, 7) is 2.34. The molecule has 8 heteroatoms. The van der Waals surface area contributed by atoms with Crippen LogP contribution in [0.2, 0.25) is 0 Å². The second kappa shape index (κ2) is 9.78. The maximum Gasteiger partial charge on any atom is 0.416 e. The van der Waals surface area contributed by atoms with Gasteiger partial charge in [-0.1, -0.05) is 24.3 Å². The zero-order valence-corrected chi connectivity index (χ0v) is 19.3. The number of alkyl halides is 3. The van der Waals surface area contributed by atoms with Gasteiger partial charge in [0.05, 0.1) is 30.3 Å². The number of carbonyl (C=O) groups is 2. The Kier molecular flexibility index (Phi) is 6.98. The Balaban J connectivity index is 1.47. The largest absolute Gasteiger partial charge is 0.465 e. The van der Waals surface area contributed by atoms with Gasteiger partial charge in [0, 0.05) is 12.6 Å². The lowest BCUT2D eigenvalue weighted by Crippen LogP contribution is -2.60. The van der Waals surface area contributed by atoms with Crippen LogP contribution in [-0.2, 0) is 22.3 Å². The minimum absolute atomic E-state index is 0.0640. The van der Waals surface area contributed by atoms with E-state index in [1.54, 1.807) is 24.3 Å². The lowest BCUT2D eigenvalue weighted by Gasteiger charge is -2.50. The van der Waals surface area contributed by atoms with Gasteiger partial charge in [-0.25, -0.2) is 4.79 Å². The molecule has 34 heavy (non-hydrogen) atoms. The summed E-state index contributed by atoms with van der Waals surface area (Å²) < 4.78 is 43.5. The Morgan fingerprint density at radius 1 is 1.03 bits per heavy atom. The van der Waals surface area contributed by atoms with Crippen LogP contribution in [0.4, 0.5) is 13.2 Å². The second-order valence-electron chi connectivity index (χ2n) is 9.22. The zero-order chi connectivity index (χ0) is 24.5. The number of hydrogen-bond donors (Lipinski definition) is 1. The Morgan fingerprint density at radius 2 is 1.65 bits per heavy atom. The van der Waals surface area contributed by atoms with Crippen molar-refractivity contribution in [2.24, 2.45) is 5.92 Å². The highest BCUT2D eigenvalue weighted by atomic mass is 19.4. The summed E-state index contributed by atoms with van der Waals surface area (Å²) in [6, 6.07) is 11.8. The van der Waals surface area contributed by atoms with Crippen LogP contribution < -0.4 is 5.32 Å². The monoisotopic (exact) mass is 474 g/mol. The SMILES string of the molecule is COC(=O)c1ccc(C(C)NC(=O)C2C3CCC(CC3)N2Cc2ccc(C(F)(F)F)cc2)cc1. The molecular weight excluding hydrogens is 445 g/mol. The molecule has 0 radical (unpaired) electrons. The summed E-state index contributed by atoms with van der Waals surface area (Å²) in [5, 5.41) is 3.11. The third-order valence-electron chi connectivity index (χ3n) is 7.12. The number of hydrogen-bond acceptors (Lipinski definition) is 4. The number of piperidine rings is 2. The highest BCUT2D eigenvalue weighted by Gasteiger charge is 2.45. The van der Waals surface area contributed by atoms with E-state index in [9.17, 15) is 22.8 Å². The minimum atomic E-state index is -4.36. The molecule has 1 amide bonds. The van der Waals surface area contributed by atoms with E-state index in [4.69, 9.17) is 4.74 Å². The summed E-state index contributed by atoms with van der Waals surface area (Å²) in [5.41, 5.74) is 1.41. The maximum absolute atomic E-state index is 13.4. The molecule has 2 aromatic carbocycles. The third kappa shape index (κ3) is 5.12. The van der Waals surface area contributed by atoms with Gasteiger partial charge in [0.15, 0.2) is 0 Å². The smallest absolute Gasteiger partial charge is 0.416 e. The van der Waals surface area contributed by atoms with Gasteiger partial charge in [-0.15, -0.1) is 0 Å². The minimum Gasteiger partial charge on any atom is -0.465 e. The predicted molar refractivity (Wildman–Crippen MR) is 121 cm³/mol. The maximum atomic E-state index is 13.4. The fourth-order valence-electron chi connectivity index (χ4n) is 5.26. The first-order valence-electron chi connectivity index (χ1n) is 11.6. The predicted octanol–water partition coefficient (Wildman–Crippen LogP) is 5.11. The average Bonchev–Trinajstić information content (AvgIpc) is 2.84. The molecule has 0 aromatic heterocycles. The highest BCUT2D eigenvalue weighted by Crippen LogP contribution is 2.41. The van der Waals surface area contributed by atoms with Crippen molar-refractivity contribution in [3.8, 4) is 0 Å². The van der Waals surface area contributed by atoms with Crippen LogP contribution in [0.15, 0.2) is 48.5 Å². The molecule has 1 aliphatic carbocycles. The molecule has 2 unspecified atom stereocenters. The zero-order valence-electron chi connectivity index (χ0n) is 19.3. The molecule has 2 atom stereocenters. The molecule has 0 spiro atoms. The number of nitrogens with one attached hydrogen (secondary N) is 1. The molecule has 2 bridgehead atoms. The first-order chi connectivity index (χ1) is 16.2. The Bertz CT molecular complexity index is 1010. The third-order valence-corrected chi connectivity index (χ3v) is 7.12. The van der Waals surface area contributed by atoms with Gasteiger partial charge in [-0.05, 0) is 73.9 Å². The Hall–Kier alpha value is -2.87. The van der Waals surface area contributed by atoms with Gasteiger partial charge < -0.3 is 10.1 Å². The van der Waals surface area contributed by atoms with E-state index in [0.717, 1.165) is 48.9 Å². The summed E-state index contributed by atoms with van der Waals surface area (Å²) in [6.07, 6.45) is -0.404. The molecule has 2 aromatic rings. The van der Waals surface area contributed by atoms with Crippen LogP contribution in [0.5, 0.6) is 0 Å². The van der Waals surface area contributed by atoms with Crippen molar-refractivity contribution in [2.75, 3.05) is 7.11 Å². The fraction of sp³-hybridized carbons (Fsp3) is 0.462. The number of carbonyl (C=O) groups excluding carboxylic acids is 2. The van der Waals surface area contributed by atoms with E-state index in [0.29, 0.717) is 12.1 Å². The van der Waals surface area contributed by atoms with Crippen LogP contribution in [0, 0.1) is 5.92 Å². The molecule has 5 rings (SSSR count). The summed E-state index contributed by atoms with van der Waals surface area (Å²) >= 11 is 0. The van der Waals surface area contributed by atoms with E-state index < -0.39 is 17.7 Å². The quantitative estimate of drug-likeness (QED) is 0.591. The van der Waals surface area contributed by atoms with Crippen LogP contribution in [-0.4, -0.2) is 36.0 Å². The van der Waals surface area contributed by atoms with Gasteiger partial charge in [-0.3, -0.25) is 9.69 Å². The number of rotatable bonds is 6. The number of nitrogens with zero attached hydrogens (tertiary/aromatic N) is 1. The van der Waals surface area contributed by atoms with E-state index in [2.05, 4.69) is 10.2 Å². The van der Waals surface area contributed by atoms with E-state index >= 15 is 0 Å². The van der Waals surface area contributed by atoms with Gasteiger partial charge in [0.2, 0.25) is 5.91 Å². The van der Waals surface area contributed by atoms with Gasteiger partial charge in [0.25, 0.3) is 0 Å². The number of fused-ring (bicyclic) bond motifs is 3. The Labute approximate surface area is 197 Å². The lowest BCUT2D eigenvalue weighted by molar-refractivity contribution is -0.137. The second-order valence-corrected chi connectivity index (χ2v) is 9.22. The summed E-state index contributed by atoms with van der Waals surface area (Å²) in [7, 11) is 1.33. The van der Waals surface area contributed by atoms with Gasteiger partial charge in [-0.2, -0.15) is 13.2 Å². The standard InChI is InChI=1S/C26H29F3N2O3/c1-16(18-5-7-20(8-6-18)25(33)34-2)30-24(32)23-19-9-13-22(14-10-19)31(23)15-17-3-11-21(12-4-17)26(27,28)29/h3-8,11-12,16,19,22-23H,9-10,13-15H2,1-2H3,(H,30,32). The van der Waals surface area contributed by atoms with Crippen molar-refractivity contribution in [3.05, 3.63) is 70.8 Å². The normalized spacial score (nSPS) is 23.4. The number of methoxy groups -OCH3 is 1. The average molecular weight is 475 g/mol. The van der Waals surface area contributed by atoms with Crippen LogP contribution in [0.3, 0.4) is 0 Å². The number of amides is 1. The molecule has 1 saturated carbocycles. The molecular formula is C26H29F3N2O3. The summed E-state index contributed by atoms with van der Waals surface area (Å²) in [5.74, 6) is -0.250. The molecule has 3 aliphatic rings. The molecule has 5 nitrogen and oxygen atoms in total. The molecule has 2 aliphatic heterocycles. The number of esters is 1. The number of benzene rings is 2. The highest BCUT2D eigenvalue weighted by molar-refractivity contribution is 5.89. The first kappa shape index (κ1) is 24.3. The lowest BCUT2D eigenvalue weighted by atomic mass is 9.74. The molecule has 2 saturated heterocycles. The van der Waals surface area contributed by atoms with Gasteiger partial charge >= 0.3 is 12.1 Å². The fourth-order valence-corrected chi connectivity index (χ4v) is 5.26. The van der Waals surface area contributed by atoms with Crippen molar-refractivity contribution in [3.63, 3.8) is 0 Å². The van der Waals surface area contributed by atoms with E-state index in [1.165, 1.54) is 19.2 Å². The summed E-state index contributed by atoms with van der Waals surface area (Å²) in [4.78, 5) is 27.2. The van der Waals surface area contributed by atoms with Crippen molar-refractivity contribution in [1.29, 1.82) is 0 Å².